The van der Waals surface area contributed by atoms with E-state index in [2.05, 4.69) is 15.9 Å². The summed E-state index contributed by atoms with van der Waals surface area (Å²) in [5.41, 5.74) is 2.52. The molecular weight excluding hydrogens is 533 g/mol. The number of thioether (sulfide) groups is 1. The minimum absolute atomic E-state index is 0.0981. The van der Waals surface area contributed by atoms with Crippen LogP contribution in [0.3, 0.4) is 0 Å². The summed E-state index contributed by atoms with van der Waals surface area (Å²) in [6, 6.07) is 20.3. The minimum Gasteiger partial charge on any atom is -0.489 e. The van der Waals surface area contributed by atoms with Crippen molar-refractivity contribution in [2.45, 2.75) is 13.2 Å². The molecule has 4 nitrogen and oxygen atoms in total. The third-order valence-corrected chi connectivity index (χ3v) is 6.74. The highest BCUT2D eigenvalue weighted by atomic mass is 79.9. The van der Waals surface area contributed by atoms with Gasteiger partial charge in [-0.15, -0.1) is 0 Å². The molecule has 32 heavy (non-hydrogen) atoms. The fourth-order valence-electron chi connectivity index (χ4n) is 3.02. The van der Waals surface area contributed by atoms with Crippen molar-refractivity contribution in [2.75, 3.05) is 0 Å². The molecule has 1 saturated heterocycles. The Bertz CT molecular complexity index is 1200. The van der Waals surface area contributed by atoms with Gasteiger partial charge < -0.3 is 4.74 Å². The summed E-state index contributed by atoms with van der Waals surface area (Å²) in [5, 5.41) is 0.582. The van der Waals surface area contributed by atoms with Gasteiger partial charge in [0.1, 0.15) is 12.4 Å². The SMILES string of the molecule is O=C1S/C(=C\c2ccc(OCc3ccc(Br)cc3)cc2)C(=O)N1Cc1ccc(Cl)cc1Cl. The van der Waals surface area contributed by atoms with Gasteiger partial charge in [0.2, 0.25) is 0 Å². The van der Waals surface area contributed by atoms with Crippen LogP contribution in [0.15, 0.2) is 76.1 Å². The standard InChI is InChI=1S/C24H16BrCl2NO3S/c25-18-6-1-16(2-7-18)14-31-20-9-3-15(4-10-20)11-22-23(29)28(24(30)32-22)13-17-5-8-19(26)12-21(17)27/h1-12H,13-14H2/b22-11-. The van der Waals surface area contributed by atoms with E-state index in [-0.39, 0.29) is 17.7 Å². The molecule has 0 spiro atoms. The smallest absolute Gasteiger partial charge is 0.293 e. The molecule has 0 aromatic heterocycles. The molecule has 0 N–H and O–H groups in total. The molecule has 0 saturated carbocycles. The molecule has 3 aromatic rings. The first-order chi connectivity index (χ1) is 15.4. The highest BCUT2D eigenvalue weighted by Gasteiger charge is 2.35. The number of halogens is 3. The number of rotatable bonds is 6. The van der Waals surface area contributed by atoms with E-state index in [0.29, 0.717) is 27.1 Å². The van der Waals surface area contributed by atoms with Crippen molar-refractivity contribution in [1.29, 1.82) is 0 Å². The van der Waals surface area contributed by atoms with Crippen molar-refractivity contribution in [3.05, 3.63) is 103 Å². The van der Waals surface area contributed by atoms with Crippen LogP contribution in [0.1, 0.15) is 16.7 Å². The van der Waals surface area contributed by atoms with Gasteiger partial charge in [-0.05, 0) is 70.9 Å². The molecule has 4 rings (SSSR count). The minimum atomic E-state index is -0.346. The molecule has 2 amide bonds. The van der Waals surface area contributed by atoms with Gasteiger partial charge in [0.15, 0.2) is 0 Å². The lowest BCUT2D eigenvalue weighted by molar-refractivity contribution is -0.123. The predicted octanol–water partition coefficient (Wildman–Crippen LogP) is 7.57. The third-order valence-electron chi connectivity index (χ3n) is 4.71. The van der Waals surface area contributed by atoms with Crippen LogP contribution in [0, 0.1) is 0 Å². The number of ether oxygens (including phenoxy) is 1. The second-order valence-electron chi connectivity index (χ2n) is 6.99. The zero-order valence-electron chi connectivity index (χ0n) is 16.6. The molecule has 162 valence electrons. The molecule has 0 radical (unpaired) electrons. The number of imide groups is 1. The largest absolute Gasteiger partial charge is 0.489 e. The lowest BCUT2D eigenvalue weighted by atomic mass is 10.2. The first-order valence-electron chi connectivity index (χ1n) is 9.55. The number of nitrogens with zero attached hydrogens (tertiary/aromatic N) is 1. The van der Waals surface area contributed by atoms with Crippen LogP contribution in [0.5, 0.6) is 5.75 Å². The monoisotopic (exact) mass is 547 g/mol. The predicted molar refractivity (Wildman–Crippen MR) is 133 cm³/mol. The zero-order chi connectivity index (χ0) is 22.7. The van der Waals surface area contributed by atoms with Crippen LogP contribution in [-0.4, -0.2) is 16.0 Å². The summed E-state index contributed by atoms with van der Waals surface area (Å²) in [4.78, 5) is 26.7. The van der Waals surface area contributed by atoms with Crippen molar-refractivity contribution >= 4 is 68.1 Å². The summed E-state index contributed by atoms with van der Waals surface area (Å²) in [5.74, 6) is 0.372. The molecule has 1 aliphatic rings. The topological polar surface area (TPSA) is 46.6 Å². The average Bonchev–Trinajstić information content (AvgIpc) is 3.03. The molecule has 1 fully saturated rings. The highest BCUT2D eigenvalue weighted by molar-refractivity contribution is 9.10. The van der Waals surface area contributed by atoms with Gasteiger partial charge in [0, 0.05) is 14.5 Å². The van der Waals surface area contributed by atoms with Crippen LogP contribution in [-0.2, 0) is 17.9 Å². The molecule has 0 atom stereocenters. The molecular formula is C24H16BrCl2NO3S. The highest BCUT2D eigenvalue weighted by Crippen LogP contribution is 2.34. The third kappa shape index (κ3) is 5.56. The van der Waals surface area contributed by atoms with E-state index in [4.69, 9.17) is 27.9 Å². The Balaban J connectivity index is 1.41. The molecule has 0 aliphatic carbocycles. The summed E-state index contributed by atoms with van der Waals surface area (Å²) in [7, 11) is 0. The van der Waals surface area contributed by atoms with Gasteiger partial charge >= 0.3 is 0 Å². The number of carbonyl (C=O) groups excluding carboxylic acids is 2. The normalized spacial score (nSPS) is 15.0. The Hall–Kier alpha value is -2.25. The summed E-state index contributed by atoms with van der Waals surface area (Å²) < 4.78 is 6.83. The first-order valence-corrected chi connectivity index (χ1v) is 11.9. The van der Waals surface area contributed by atoms with Gasteiger partial charge in [0.05, 0.1) is 11.4 Å². The van der Waals surface area contributed by atoms with Crippen molar-refractivity contribution < 1.29 is 14.3 Å². The maximum absolute atomic E-state index is 12.8. The fourth-order valence-corrected chi connectivity index (χ4v) is 4.59. The zero-order valence-corrected chi connectivity index (χ0v) is 20.5. The van der Waals surface area contributed by atoms with Crippen molar-refractivity contribution in [3.63, 3.8) is 0 Å². The van der Waals surface area contributed by atoms with E-state index in [1.165, 1.54) is 4.90 Å². The number of carbonyl (C=O) groups is 2. The van der Waals surface area contributed by atoms with E-state index in [1.807, 2.05) is 48.5 Å². The van der Waals surface area contributed by atoms with Crippen LogP contribution in [0.25, 0.3) is 6.08 Å². The number of amides is 2. The van der Waals surface area contributed by atoms with Crippen LogP contribution < -0.4 is 4.74 Å². The lowest BCUT2D eigenvalue weighted by Crippen LogP contribution is -2.27. The van der Waals surface area contributed by atoms with Crippen LogP contribution in [0.2, 0.25) is 10.0 Å². The van der Waals surface area contributed by atoms with E-state index in [0.717, 1.165) is 33.1 Å². The second-order valence-corrected chi connectivity index (χ2v) is 9.74. The quantitative estimate of drug-likeness (QED) is 0.298. The number of hydrogen-bond donors (Lipinski definition) is 0. The van der Waals surface area contributed by atoms with Gasteiger partial charge in [-0.3, -0.25) is 14.5 Å². The molecule has 3 aromatic carbocycles. The summed E-state index contributed by atoms with van der Waals surface area (Å²) in [6.07, 6.45) is 1.70. The second kappa shape index (κ2) is 10.1. The molecule has 0 bridgehead atoms. The molecule has 8 heteroatoms. The fraction of sp³-hybridized carbons (Fsp3) is 0.0833. The van der Waals surface area contributed by atoms with Crippen LogP contribution in [0.4, 0.5) is 4.79 Å². The van der Waals surface area contributed by atoms with Gasteiger partial charge in [-0.25, -0.2) is 0 Å². The van der Waals surface area contributed by atoms with Gasteiger partial charge in [0.25, 0.3) is 11.1 Å². The Morgan fingerprint density at radius 1 is 0.969 bits per heavy atom. The Morgan fingerprint density at radius 2 is 1.69 bits per heavy atom. The van der Waals surface area contributed by atoms with Crippen LogP contribution >= 0.6 is 50.9 Å². The first kappa shape index (κ1) is 22.9. The van der Waals surface area contributed by atoms with Gasteiger partial charge in [-0.1, -0.05) is 69.5 Å². The Kier molecular flexibility index (Phi) is 7.26. The Labute approximate surface area is 208 Å². The lowest BCUT2D eigenvalue weighted by Gasteiger charge is -2.13. The summed E-state index contributed by atoms with van der Waals surface area (Å²) in [6.45, 7) is 0.555. The van der Waals surface area contributed by atoms with E-state index >= 15 is 0 Å². The molecule has 1 heterocycles. The van der Waals surface area contributed by atoms with Gasteiger partial charge in [-0.2, -0.15) is 0 Å². The van der Waals surface area contributed by atoms with E-state index < -0.39 is 0 Å². The van der Waals surface area contributed by atoms with E-state index in [9.17, 15) is 9.59 Å². The maximum Gasteiger partial charge on any atom is 0.293 e. The average molecular weight is 549 g/mol. The maximum atomic E-state index is 12.8. The summed E-state index contributed by atoms with van der Waals surface area (Å²) >= 11 is 16.4. The molecule has 1 aliphatic heterocycles. The number of hydrogen-bond acceptors (Lipinski definition) is 4. The van der Waals surface area contributed by atoms with Crippen molar-refractivity contribution in [2.24, 2.45) is 0 Å². The Morgan fingerprint density at radius 3 is 2.38 bits per heavy atom. The number of benzene rings is 3. The van der Waals surface area contributed by atoms with Crippen molar-refractivity contribution in [1.82, 2.24) is 4.90 Å². The molecule has 0 unspecified atom stereocenters. The van der Waals surface area contributed by atoms with E-state index in [1.54, 1.807) is 24.3 Å². The van der Waals surface area contributed by atoms with Crippen molar-refractivity contribution in [3.8, 4) is 5.75 Å².